The Balaban J connectivity index is 1.46. The highest BCUT2D eigenvalue weighted by Crippen LogP contribution is 2.65. The van der Waals surface area contributed by atoms with Gasteiger partial charge in [0, 0.05) is 0 Å². The molecule has 0 aliphatic heterocycles. The van der Waals surface area contributed by atoms with Crippen LogP contribution in [-0.4, -0.2) is 30.1 Å². The Hall–Kier alpha value is -0.610. The molecule has 0 heterocycles. The van der Waals surface area contributed by atoms with E-state index in [2.05, 4.69) is 19.0 Å². The van der Waals surface area contributed by atoms with Crippen molar-refractivity contribution in [1.82, 2.24) is 0 Å². The van der Waals surface area contributed by atoms with E-state index in [1.165, 1.54) is 44.2 Å². The van der Waals surface area contributed by atoms with E-state index in [4.69, 9.17) is 10.6 Å². The summed E-state index contributed by atoms with van der Waals surface area (Å²) in [5.74, 6) is 3.21. The highest BCUT2D eigenvalue weighted by molar-refractivity contribution is 5.85. The molecule has 4 nitrogen and oxygen atoms in total. The Morgan fingerprint density at radius 1 is 1.08 bits per heavy atom. The summed E-state index contributed by atoms with van der Waals surface area (Å²) in [7, 11) is 0. The van der Waals surface area contributed by atoms with Gasteiger partial charge in [0.2, 0.25) is 0 Å². The normalized spacial score (nSPS) is 49.4. The minimum Gasteiger partial charge on any atom is -0.396 e. The Labute approximate surface area is 158 Å². The van der Waals surface area contributed by atoms with Crippen LogP contribution in [0.3, 0.4) is 0 Å². The predicted molar refractivity (Wildman–Crippen MR) is 105 cm³/mol. The summed E-state index contributed by atoms with van der Waals surface area (Å²) in [5, 5.41) is 15.0. The Bertz CT molecular complexity index is 550. The fourth-order valence-electron chi connectivity index (χ4n) is 7.40. The lowest BCUT2D eigenvalue weighted by molar-refractivity contribution is -0.112. The Morgan fingerprint density at radius 3 is 2.69 bits per heavy atom. The van der Waals surface area contributed by atoms with Crippen molar-refractivity contribution in [2.45, 2.75) is 84.2 Å². The van der Waals surface area contributed by atoms with Crippen molar-refractivity contribution in [1.29, 1.82) is 0 Å². The Kier molecular flexibility index (Phi) is 5.11. The first-order valence-electron chi connectivity index (χ1n) is 11.0. The molecule has 0 aromatic carbocycles. The van der Waals surface area contributed by atoms with Crippen molar-refractivity contribution in [2.24, 2.45) is 45.4 Å². The van der Waals surface area contributed by atoms with E-state index >= 15 is 0 Å². The van der Waals surface area contributed by atoms with Gasteiger partial charge in [-0.3, -0.25) is 0 Å². The molecule has 4 aliphatic carbocycles. The molecular weight excluding hydrogens is 324 g/mol. The van der Waals surface area contributed by atoms with Crippen LogP contribution in [0.1, 0.15) is 78.1 Å². The minimum absolute atomic E-state index is 0.0604. The van der Waals surface area contributed by atoms with Crippen molar-refractivity contribution < 1.29 is 9.94 Å². The molecule has 4 rings (SSSR count). The van der Waals surface area contributed by atoms with Crippen LogP contribution in [0.2, 0.25) is 0 Å². The number of aliphatic hydroxyl groups excluding tert-OH is 1. The van der Waals surface area contributed by atoms with Crippen LogP contribution in [0.4, 0.5) is 0 Å². The molecule has 26 heavy (non-hydrogen) atoms. The topological polar surface area (TPSA) is 67.8 Å². The SMILES string of the molecule is C[C@]12CC/C(=N/OCCCN)CC1CCC1C2CC[C@@]2(C)C1CC[C@@H]2O. The molecule has 148 valence electrons. The number of nitrogens with zero attached hydrogens (tertiary/aromatic N) is 1. The van der Waals surface area contributed by atoms with Gasteiger partial charge in [0.15, 0.2) is 0 Å². The molecule has 0 saturated heterocycles. The summed E-state index contributed by atoms with van der Waals surface area (Å²) in [6, 6.07) is 0. The zero-order valence-electron chi connectivity index (χ0n) is 16.8. The predicted octanol–water partition coefficient (Wildman–Crippen LogP) is 4.11. The third-order valence-electron chi connectivity index (χ3n) is 9.08. The molecule has 0 bridgehead atoms. The van der Waals surface area contributed by atoms with Gasteiger partial charge in [-0.15, -0.1) is 0 Å². The van der Waals surface area contributed by atoms with E-state index < -0.39 is 0 Å². The van der Waals surface area contributed by atoms with E-state index in [1.807, 2.05) is 0 Å². The molecular formula is C22H38N2O2. The average molecular weight is 363 g/mol. The second-order valence-electron chi connectivity index (χ2n) is 10.1. The van der Waals surface area contributed by atoms with Gasteiger partial charge >= 0.3 is 0 Å². The van der Waals surface area contributed by atoms with Crippen molar-refractivity contribution in [3.63, 3.8) is 0 Å². The van der Waals surface area contributed by atoms with Crippen molar-refractivity contribution in [3.05, 3.63) is 0 Å². The van der Waals surface area contributed by atoms with Crippen LogP contribution in [0.5, 0.6) is 0 Å². The summed E-state index contributed by atoms with van der Waals surface area (Å²) < 4.78 is 0. The summed E-state index contributed by atoms with van der Waals surface area (Å²) in [4.78, 5) is 5.49. The summed E-state index contributed by atoms with van der Waals surface area (Å²) >= 11 is 0. The second kappa shape index (κ2) is 7.09. The van der Waals surface area contributed by atoms with E-state index in [0.717, 1.165) is 49.4 Å². The third-order valence-corrected chi connectivity index (χ3v) is 9.08. The molecule has 4 aliphatic rings. The lowest BCUT2D eigenvalue weighted by atomic mass is 9.45. The summed E-state index contributed by atoms with van der Waals surface area (Å²) in [6.45, 7) is 6.28. The standard InChI is InChI=1S/C22H38N2O2/c1-21-10-8-16(24-26-13-3-12-23)14-15(21)4-5-17-18-6-7-20(25)22(18,2)11-9-19(17)21/h15,17-20,25H,3-14,23H2,1-2H3/b24-16-/t15?,17?,18?,19?,20-,21-,22-/m0/s1. The molecule has 4 heteroatoms. The van der Waals surface area contributed by atoms with Crippen molar-refractivity contribution in [3.8, 4) is 0 Å². The van der Waals surface area contributed by atoms with Crippen LogP contribution < -0.4 is 5.73 Å². The van der Waals surface area contributed by atoms with E-state index in [1.54, 1.807) is 0 Å². The number of oxime groups is 1. The summed E-state index contributed by atoms with van der Waals surface area (Å²) in [5.41, 5.74) is 7.47. The maximum Gasteiger partial charge on any atom is 0.118 e. The van der Waals surface area contributed by atoms with Gasteiger partial charge in [0.05, 0.1) is 11.8 Å². The van der Waals surface area contributed by atoms with Crippen molar-refractivity contribution in [2.75, 3.05) is 13.2 Å². The monoisotopic (exact) mass is 362 g/mol. The first-order valence-corrected chi connectivity index (χ1v) is 11.0. The number of rotatable bonds is 4. The third kappa shape index (κ3) is 2.92. The van der Waals surface area contributed by atoms with Crippen LogP contribution in [0.15, 0.2) is 5.16 Å². The fraction of sp³-hybridized carbons (Fsp3) is 0.955. The fourth-order valence-corrected chi connectivity index (χ4v) is 7.40. The number of hydrogen-bond acceptors (Lipinski definition) is 4. The van der Waals surface area contributed by atoms with Gasteiger partial charge in [0.25, 0.3) is 0 Å². The highest BCUT2D eigenvalue weighted by Gasteiger charge is 2.59. The van der Waals surface area contributed by atoms with Crippen LogP contribution in [-0.2, 0) is 4.84 Å². The minimum atomic E-state index is -0.0604. The maximum atomic E-state index is 10.6. The number of hydrogen-bond donors (Lipinski definition) is 2. The molecule has 4 saturated carbocycles. The largest absolute Gasteiger partial charge is 0.396 e. The zero-order chi connectivity index (χ0) is 18.4. The molecule has 4 fully saturated rings. The van der Waals surface area contributed by atoms with Gasteiger partial charge in [-0.25, -0.2) is 0 Å². The Morgan fingerprint density at radius 2 is 1.88 bits per heavy atom. The lowest BCUT2D eigenvalue weighted by Gasteiger charge is -2.60. The molecule has 0 aromatic rings. The highest BCUT2D eigenvalue weighted by atomic mass is 16.6. The quantitative estimate of drug-likeness (QED) is 0.584. The second-order valence-corrected chi connectivity index (χ2v) is 10.1. The van der Waals surface area contributed by atoms with Gasteiger partial charge in [-0.2, -0.15) is 0 Å². The molecule has 4 unspecified atom stereocenters. The molecule has 0 radical (unpaired) electrons. The van der Waals surface area contributed by atoms with Crippen LogP contribution in [0, 0.1) is 34.5 Å². The average Bonchev–Trinajstić information content (AvgIpc) is 2.94. The van der Waals surface area contributed by atoms with Crippen LogP contribution in [0.25, 0.3) is 0 Å². The van der Waals surface area contributed by atoms with Gasteiger partial charge in [0.1, 0.15) is 6.61 Å². The molecule has 7 atom stereocenters. The maximum absolute atomic E-state index is 10.6. The van der Waals surface area contributed by atoms with E-state index in [-0.39, 0.29) is 11.5 Å². The molecule has 0 aromatic heterocycles. The molecule has 0 spiro atoms. The summed E-state index contributed by atoms with van der Waals surface area (Å²) in [6.07, 6.45) is 11.8. The smallest absolute Gasteiger partial charge is 0.118 e. The number of aliphatic hydroxyl groups is 1. The first kappa shape index (κ1) is 18.7. The first-order chi connectivity index (χ1) is 12.5. The number of fused-ring (bicyclic) bond motifs is 5. The van der Waals surface area contributed by atoms with Gasteiger partial charge < -0.3 is 15.7 Å². The van der Waals surface area contributed by atoms with Gasteiger partial charge in [-0.05, 0) is 105 Å². The van der Waals surface area contributed by atoms with Crippen molar-refractivity contribution >= 4 is 5.71 Å². The molecule has 3 N–H and O–H groups in total. The van der Waals surface area contributed by atoms with E-state index in [9.17, 15) is 5.11 Å². The van der Waals surface area contributed by atoms with Crippen LogP contribution >= 0.6 is 0 Å². The zero-order valence-corrected chi connectivity index (χ0v) is 16.8. The lowest BCUT2D eigenvalue weighted by Crippen LogP contribution is -2.54. The van der Waals surface area contributed by atoms with Gasteiger partial charge in [-0.1, -0.05) is 19.0 Å². The number of nitrogens with two attached hydrogens (primary N) is 1. The molecule has 0 amide bonds. The van der Waals surface area contributed by atoms with E-state index in [0.29, 0.717) is 18.6 Å².